The lowest BCUT2D eigenvalue weighted by Gasteiger charge is -2.08. The standard InChI is InChI=1S/C11H14N2/c1-2-6-11(7-3-1)10-12-13-8-4-5-9-13/h1-3,6-7,10H,4-5,8-9H2. The van der Waals surface area contributed by atoms with Gasteiger partial charge in [-0.05, 0) is 18.4 Å². The summed E-state index contributed by atoms with van der Waals surface area (Å²) in [5.41, 5.74) is 1.18. The largest absolute Gasteiger partial charge is 0.297 e. The topological polar surface area (TPSA) is 15.6 Å². The normalized spacial score (nSPS) is 17.1. The summed E-state index contributed by atoms with van der Waals surface area (Å²) in [5, 5.41) is 6.53. The van der Waals surface area contributed by atoms with Gasteiger partial charge in [-0.1, -0.05) is 30.3 Å². The van der Waals surface area contributed by atoms with Crippen LogP contribution in [0.15, 0.2) is 35.4 Å². The van der Waals surface area contributed by atoms with Gasteiger partial charge in [-0.2, -0.15) is 5.10 Å². The van der Waals surface area contributed by atoms with Crippen molar-refractivity contribution in [2.75, 3.05) is 13.1 Å². The molecule has 0 N–H and O–H groups in total. The maximum atomic E-state index is 4.40. The summed E-state index contributed by atoms with van der Waals surface area (Å²) in [5.74, 6) is 0. The number of nitrogens with zero attached hydrogens (tertiary/aromatic N) is 2. The van der Waals surface area contributed by atoms with Gasteiger partial charge in [0.05, 0.1) is 6.21 Å². The molecule has 1 aromatic rings. The monoisotopic (exact) mass is 174 g/mol. The number of hydrogen-bond acceptors (Lipinski definition) is 2. The molecule has 68 valence electrons. The molecular formula is C11H14N2. The first kappa shape index (κ1) is 8.30. The minimum atomic E-state index is 1.11. The molecule has 1 heterocycles. The van der Waals surface area contributed by atoms with Gasteiger partial charge in [0.15, 0.2) is 0 Å². The molecule has 0 bridgehead atoms. The molecule has 2 heteroatoms. The van der Waals surface area contributed by atoms with Crippen molar-refractivity contribution in [3.63, 3.8) is 0 Å². The minimum Gasteiger partial charge on any atom is -0.297 e. The van der Waals surface area contributed by atoms with E-state index in [0.717, 1.165) is 13.1 Å². The summed E-state index contributed by atoms with van der Waals surface area (Å²) >= 11 is 0. The first-order valence-electron chi connectivity index (χ1n) is 4.79. The predicted octanol–water partition coefficient (Wildman–Crippen LogP) is 2.12. The molecule has 1 aromatic carbocycles. The molecule has 1 saturated heterocycles. The molecule has 0 aliphatic carbocycles. The maximum Gasteiger partial charge on any atom is 0.0542 e. The Morgan fingerprint density at radius 1 is 1.08 bits per heavy atom. The molecule has 13 heavy (non-hydrogen) atoms. The van der Waals surface area contributed by atoms with Crippen LogP contribution < -0.4 is 0 Å². The van der Waals surface area contributed by atoms with Gasteiger partial charge in [0, 0.05) is 13.1 Å². The van der Waals surface area contributed by atoms with Crippen LogP contribution in [0.4, 0.5) is 0 Å². The molecule has 0 amide bonds. The van der Waals surface area contributed by atoms with E-state index >= 15 is 0 Å². The third-order valence-electron chi connectivity index (χ3n) is 2.25. The van der Waals surface area contributed by atoms with Gasteiger partial charge in [-0.3, -0.25) is 5.01 Å². The van der Waals surface area contributed by atoms with Crippen molar-refractivity contribution in [3.8, 4) is 0 Å². The van der Waals surface area contributed by atoms with E-state index in [1.807, 2.05) is 24.4 Å². The highest BCUT2D eigenvalue weighted by Gasteiger charge is 2.06. The molecule has 2 rings (SSSR count). The number of benzene rings is 1. The van der Waals surface area contributed by atoms with Crippen LogP contribution in [0.1, 0.15) is 18.4 Å². The quantitative estimate of drug-likeness (QED) is 0.627. The zero-order valence-electron chi connectivity index (χ0n) is 7.69. The van der Waals surface area contributed by atoms with Gasteiger partial charge >= 0.3 is 0 Å². The second-order valence-corrected chi connectivity index (χ2v) is 3.32. The SMILES string of the molecule is C(=NN1CCCC1)c1ccccc1. The fourth-order valence-corrected chi connectivity index (χ4v) is 1.50. The Kier molecular flexibility index (Phi) is 2.60. The van der Waals surface area contributed by atoms with Crippen LogP contribution in [0.25, 0.3) is 0 Å². The number of hydrazone groups is 1. The molecule has 1 aliphatic rings. The molecule has 1 aliphatic heterocycles. The summed E-state index contributed by atoms with van der Waals surface area (Å²) in [6, 6.07) is 10.2. The molecule has 0 radical (unpaired) electrons. The third-order valence-corrected chi connectivity index (χ3v) is 2.25. The van der Waals surface area contributed by atoms with E-state index in [9.17, 15) is 0 Å². The fourth-order valence-electron chi connectivity index (χ4n) is 1.50. The smallest absolute Gasteiger partial charge is 0.0542 e. The fraction of sp³-hybridized carbons (Fsp3) is 0.364. The molecule has 0 unspecified atom stereocenters. The molecule has 0 saturated carbocycles. The summed E-state index contributed by atoms with van der Waals surface area (Å²) in [6.45, 7) is 2.23. The molecule has 1 fully saturated rings. The highest BCUT2D eigenvalue weighted by Crippen LogP contribution is 2.07. The lowest BCUT2D eigenvalue weighted by molar-refractivity contribution is 0.362. The molecular weight excluding hydrogens is 160 g/mol. The zero-order chi connectivity index (χ0) is 8.93. The van der Waals surface area contributed by atoms with Crippen LogP contribution in [0.2, 0.25) is 0 Å². The van der Waals surface area contributed by atoms with E-state index in [0.29, 0.717) is 0 Å². The van der Waals surface area contributed by atoms with Crippen molar-refractivity contribution >= 4 is 6.21 Å². The Morgan fingerprint density at radius 2 is 1.77 bits per heavy atom. The molecule has 0 aromatic heterocycles. The second kappa shape index (κ2) is 4.08. The maximum absolute atomic E-state index is 4.40. The number of hydrogen-bond donors (Lipinski definition) is 0. The Balaban J connectivity index is 1.97. The van der Waals surface area contributed by atoms with Gasteiger partial charge < -0.3 is 0 Å². The van der Waals surface area contributed by atoms with Gasteiger partial charge in [0.1, 0.15) is 0 Å². The van der Waals surface area contributed by atoms with Gasteiger partial charge in [-0.15, -0.1) is 0 Å². The van der Waals surface area contributed by atoms with Gasteiger partial charge in [0.2, 0.25) is 0 Å². The summed E-state index contributed by atoms with van der Waals surface area (Å²) in [7, 11) is 0. The van der Waals surface area contributed by atoms with Crippen molar-refractivity contribution in [2.45, 2.75) is 12.8 Å². The van der Waals surface area contributed by atoms with E-state index in [-0.39, 0.29) is 0 Å². The van der Waals surface area contributed by atoms with Crippen molar-refractivity contribution in [3.05, 3.63) is 35.9 Å². The highest BCUT2D eigenvalue weighted by atomic mass is 15.5. The summed E-state index contributed by atoms with van der Waals surface area (Å²) < 4.78 is 0. The van der Waals surface area contributed by atoms with E-state index in [2.05, 4.69) is 22.2 Å². The second-order valence-electron chi connectivity index (χ2n) is 3.32. The van der Waals surface area contributed by atoms with Crippen molar-refractivity contribution in [1.29, 1.82) is 0 Å². The Hall–Kier alpha value is -1.31. The van der Waals surface area contributed by atoms with Gasteiger partial charge in [0.25, 0.3) is 0 Å². The predicted molar refractivity (Wildman–Crippen MR) is 54.8 cm³/mol. The average molecular weight is 174 g/mol. The summed E-state index contributed by atoms with van der Waals surface area (Å²) in [6.07, 6.45) is 4.50. The highest BCUT2D eigenvalue weighted by molar-refractivity contribution is 5.79. The first-order valence-corrected chi connectivity index (χ1v) is 4.79. The Bertz CT molecular complexity index is 273. The zero-order valence-corrected chi connectivity index (χ0v) is 7.69. The molecule has 0 atom stereocenters. The van der Waals surface area contributed by atoms with Crippen LogP contribution in [0, 0.1) is 0 Å². The van der Waals surface area contributed by atoms with Crippen molar-refractivity contribution in [1.82, 2.24) is 5.01 Å². The van der Waals surface area contributed by atoms with Crippen LogP contribution in [-0.4, -0.2) is 24.3 Å². The molecule has 2 nitrogen and oxygen atoms in total. The van der Waals surface area contributed by atoms with Crippen molar-refractivity contribution in [2.24, 2.45) is 5.10 Å². The minimum absolute atomic E-state index is 1.11. The molecule has 0 spiro atoms. The van der Waals surface area contributed by atoms with Crippen LogP contribution >= 0.6 is 0 Å². The average Bonchev–Trinajstić information content (AvgIpc) is 2.69. The van der Waals surface area contributed by atoms with Crippen LogP contribution in [0.3, 0.4) is 0 Å². The third kappa shape index (κ3) is 2.31. The van der Waals surface area contributed by atoms with E-state index in [4.69, 9.17) is 0 Å². The van der Waals surface area contributed by atoms with E-state index < -0.39 is 0 Å². The van der Waals surface area contributed by atoms with E-state index in [1.165, 1.54) is 18.4 Å². The lowest BCUT2D eigenvalue weighted by atomic mass is 10.2. The Morgan fingerprint density at radius 3 is 2.46 bits per heavy atom. The summed E-state index contributed by atoms with van der Waals surface area (Å²) in [4.78, 5) is 0. The van der Waals surface area contributed by atoms with E-state index in [1.54, 1.807) is 0 Å². The van der Waals surface area contributed by atoms with Crippen LogP contribution in [-0.2, 0) is 0 Å². The lowest BCUT2D eigenvalue weighted by Crippen LogP contribution is -2.11. The Labute approximate surface area is 78.9 Å². The van der Waals surface area contributed by atoms with Gasteiger partial charge in [-0.25, -0.2) is 0 Å². The first-order chi connectivity index (χ1) is 6.45. The van der Waals surface area contributed by atoms with Crippen LogP contribution in [0.5, 0.6) is 0 Å². The number of rotatable bonds is 2. The van der Waals surface area contributed by atoms with Crippen molar-refractivity contribution < 1.29 is 0 Å².